The summed E-state index contributed by atoms with van der Waals surface area (Å²) in [7, 11) is 0. The second-order valence-electron chi connectivity index (χ2n) is 6.91. The Morgan fingerprint density at radius 3 is 2.62 bits per heavy atom. The third kappa shape index (κ3) is 3.64. The van der Waals surface area contributed by atoms with Gasteiger partial charge in [0.15, 0.2) is 5.65 Å². The van der Waals surface area contributed by atoms with Gasteiger partial charge in [-0.3, -0.25) is 0 Å². The minimum atomic E-state index is 0.612. The maximum absolute atomic E-state index is 4.66. The van der Waals surface area contributed by atoms with Crippen molar-refractivity contribution in [3.05, 3.63) is 36.7 Å². The minimum Gasteiger partial charge on any atom is -0.372 e. The first-order valence-electron chi connectivity index (χ1n) is 9.64. The molecule has 0 saturated carbocycles. The van der Waals surface area contributed by atoms with E-state index in [1.54, 1.807) is 0 Å². The molecule has 3 heterocycles. The van der Waals surface area contributed by atoms with Gasteiger partial charge >= 0.3 is 0 Å². The largest absolute Gasteiger partial charge is 0.372 e. The van der Waals surface area contributed by atoms with Crippen LogP contribution in [0.5, 0.6) is 0 Å². The maximum atomic E-state index is 4.66. The number of unbranched alkanes of at least 4 members (excludes halogenated alkanes) is 1. The zero-order chi connectivity index (χ0) is 17.8. The smallest absolute Gasteiger partial charge is 0.229 e. The van der Waals surface area contributed by atoms with Gasteiger partial charge in [0.1, 0.15) is 0 Å². The molecule has 1 aliphatic heterocycles. The zero-order valence-corrected chi connectivity index (χ0v) is 15.4. The second-order valence-corrected chi connectivity index (χ2v) is 6.91. The number of piperidine rings is 1. The van der Waals surface area contributed by atoms with Gasteiger partial charge in [-0.15, -0.1) is 0 Å². The molecule has 1 aromatic carbocycles. The van der Waals surface area contributed by atoms with Crippen molar-refractivity contribution in [2.75, 3.05) is 23.3 Å². The van der Waals surface area contributed by atoms with Crippen molar-refractivity contribution in [2.45, 2.75) is 45.6 Å². The second kappa shape index (κ2) is 7.72. The minimum absolute atomic E-state index is 0.612. The van der Waals surface area contributed by atoms with Crippen LogP contribution in [0.1, 0.15) is 39.0 Å². The molecule has 0 aliphatic carbocycles. The Kier molecular flexibility index (Phi) is 5.00. The first-order chi connectivity index (χ1) is 12.8. The fourth-order valence-corrected chi connectivity index (χ4v) is 3.44. The van der Waals surface area contributed by atoms with Crippen LogP contribution in [0.15, 0.2) is 36.7 Å². The molecule has 0 bridgehead atoms. The first kappa shape index (κ1) is 16.8. The Morgan fingerprint density at radius 2 is 1.85 bits per heavy atom. The van der Waals surface area contributed by atoms with Crippen LogP contribution >= 0.6 is 0 Å². The van der Waals surface area contributed by atoms with E-state index in [-0.39, 0.29) is 0 Å². The fraction of sp³-hybridized carbons (Fsp3) is 0.450. The molecule has 0 amide bonds. The van der Waals surface area contributed by atoms with Crippen molar-refractivity contribution in [3.8, 4) is 0 Å². The topological polar surface area (TPSA) is 58.9 Å². The van der Waals surface area contributed by atoms with E-state index in [4.69, 9.17) is 0 Å². The molecule has 6 nitrogen and oxygen atoms in total. The number of aromatic nitrogens is 4. The summed E-state index contributed by atoms with van der Waals surface area (Å²) in [5.74, 6) is 0.612. The standard InChI is InChI=1S/C20H26N6/c1-2-3-13-26-19-16(15-22-26)14-21-20(24-19)23-17-7-9-18(10-8-17)25-11-5-4-6-12-25/h7-10,14-15H,2-6,11-13H2,1H3,(H,21,23,24). The lowest BCUT2D eigenvalue weighted by molar-refractivity contribution is 0.578. The van der Waals surface area contributed by atoms with E-state index < -0.39 is 0 Å². The van der Waals surface area contributed by atoms with E-state index in [0.29, 0.717) is 5.95 Å². The molecule has 4 rings (SSSR count). The molecule has 1 fully saturated rings. The van der Waals surface area contributed by atoms with E-state index in [9.17, 15) is 0 Å². The summed E-state index contributed by atoms with van der Waals surface area (Å²) in [4.78, 5) is 11.5. The van der Waals surface area contributed by atoms with Crippen molar-refractivity contribution in [3.63, 3.8) is 0 Å². The highest BCUT2D eigenvalue weighted by Gasteiger charge is 2.11. The Morgan fingerprint density at radius 1 is 1.04 bits per heavy atom. The highest BCUT2D eigenvalue weighted by atomic mass is 15.3. The Bertz CT molecular complexity index is 848. The average Bonchev–Trinajstić information content (AvgIpc) is 3.10. The molecule has 1 aliphatic rings. The number of aryl methyl sites for hydroxylation is 1. The molecule has 2 aromatic heterocycles. The third-order valence-electron chi connectivity index (χ3n) is 4.94. The first-order valence-corrected chi connectivity index (χ1v) is 9.64. The predicted octanol–water partition coefficient (Wildman–Crippen LogP) is 4.36. The van der Waals surface area contributed by atoms with Gasteiger partial charge in [0.25, 0.3) is 0 Å². The highest BCUT2D eigenvalue weighted by molar-refractivity contribution is 5.75. The van der Waals surface area contributed by atoms with Crippen LogP contribution in [0.25, 0.3) is 11.0 Å². The van der Waals surface area contributed by atoms with Gasteiger partial charge in [0, 0.05) is 37.2 Å². The molecule has 136 valence electrons. The van der Waals surface area contributed by atoms with E-state index in [0.717, 1.165) is 49.2 Å². The molecular weight excluding hydrogens is 324 g/mol. The number of nitrogens with zero attached hydrogens (tertiary/aromatic N) is 5. The SMILES string of the molecule is CCCCn1ncc2cnc(Nc3ccc(N4CCCCC4)cc3)nc21. The number of rotatable bonds is 6. The fourth-order valence-electron chi connectivity index (χ4n) is 3.44. The molecule has 0 unspecified atom stereocenters. The third-order valence-corrected chi connectivity index (χ3v) is 4.94. The summed E-state index contributed by atoms with van der Waals surface area (Å²) in [6.07, 6.45) is 9.84. The number of fused-ring (bicyclic) bond motifs is 1. The van der Waals surface area contributed by atoms with Crippen LogP contribution in [0.2, 0.25) is 0 Å². The molecule has 0 spiro atoms. The van der Waals surface area contributed by atoms with Gasteiger partial charge in [-0.25, -0.2) is 9.67 Å². The van der Waals surface area contributed by atoms with Gasteiger partial charge < -0.3 is 10.2 Å². The molecule has 1 saturated heterocycles. The average molecular weight is 350 g/mol. The van der Waals surface area contributed by atoms with Crippen LogP contribution in [0.4, 0.5) is 17.3 Å². The molecule has 0 radical (unpaired) electrons. The molecular formula is C20H26N6. The van der Waals surface area contributed by atoms with E-state index in [2.05, 4.69) is 56.5 Å². The van der Waals surface area contributed by atoms with Crippen molar-refractivity contribution in [2.24, 2.45) is 0 Å². The van der Waals surface area contributed by atoms with Crippen molar-refractivity contribution >= 4 is 28.4 Å². The maximum Gasteiger partial charge on any atom is 0.229 e. The van der Waals surface area contributed by atoms with Gasteiger partial charge in [-0.1, -0.05) is 13.3 Å². The van der Waals surface area contributed by atoms with Gasteiger partial charge in [0.2, 0.25) is 5.95 Å². The molecule has 0 atom stereocenters. The van der Waals surface area contributed by atoms with Crippen LogP contribution in [-0.4, -0.2) is 32.8 Å². The zero-order valence-electron chi connectivity index (χ0n) is 15.4. The van der Waals surface area contributed by atoms with Crippen molar-refractivity contribution in [1.82, 2.24) is 19.7 Å². The van der Waals surface area contributed by atoms with E-state index >= 15 is 0 Å². The lowest BCUT2D eigenvalue weighted by atomic mass is 10.1. The summed E-state index contributed by atoms with van der Waals surface area (Å²) >= 11 is 0. The molecule has 6 heteroatoms. The van der Waals surface area contributed by atoms with Crippen LogP contribution < -0.4 is 10.2 Å². The molecule has 1 N–H and O–H groups in total. The monoisotopic (exact) mass is 350 g/mol. The van der Waals surface area contributed by atoms with Crippen LogP contribution in [-0.2, 0) is 6.54 Å². The quantitative estimate of drug-likeness (QED) is 0.716. The van der Waals surface area contributed by atoms with E-state index in [1.165, 1.54) is 24.9 Å². The van der Waals surface area contributed by atoms with Crippen molar-refractivity contribution < 1.29 is 0 Å². The van der Waals surface area contributed by atoms with Gasteiger partial charge in [-0.2, -0.15) is 10.1 Å². The summed E-state index contributed by atoms with van der Waals surface area (Å²) < 4.78 is 1.96. The molecule has 26 heavy (non-hydrogen) atoms. The lowest BCUT2D eigenvalue weighted by Gasteiger charge is -2.28. The summed E-state index contributed by atoms with van der Waals surface area (Å²) in [5, 5.41) is 8.72. The molecule has 3 aromatic rings. The summed E-state index contributed by atoms with van der Waals surface area (Å²) in [6, 6.07) is 8.56. The normalized spacial score (nSPS) is 14.7. The van der Waals surface area contributed by atoms with Crippen molar-refractivity contribution in [1.29, 1.82) is 0 Å². The number of hydrogen-bond donors (Lipinski definition) is 1. The Balaban J connectivity index is 1.49. The highest BCUT2D eigenvalue weighted by Crippen LogP contribution is 2.23. The van der Waals surface area contributed by atoms with Crippen LogP contribution in [0, 0.1) is 0 Å². The number of hydrogen-bond acceptors (Lipinski definition) is 5. The van der Waals surface area contributed by atoms with Crippen LogP contribution in [0.3, 0.4) is 0 Å². The van der Waals surface area contributed by atoms with E-state index in [1.807, 2.05) is 17.1 Å². The number of anilines is 3. The Labute approximate surface area is 154 Å². The predicted molar refractivity (Wildman–Crippen MR) is 106 cm³/mol. The number of benzene rings is 1. The van der Waals surface area contributed by atoms with Gasteiger partial charge in [-0.05, 0) is 49.9 Å². The number of nitrogens with one attached hydrogen (secondary N) is 1. The van der Waals surface area contributed by atoms with Gasteiger partial charge in [0.05, 0.1) is 11.6 Å². The summed E-state index contributed by atoms with van der Waals surface area (Å²) in [6.45, 7) is 5.39. The summed E-state index contributed by atoms with van der Waals surface area (Å²) in [5.41, 5.74) is 3.19. The lowest BCUT2D eigenvalue weighted by Crippen LogP contribution is -2.29. The Hall–Kier alpha value is -2.63.